The van der Waals surface area contributed by atoms with E-state index in [1.165, 1.54) is 12.8 Å². The van der Waals surface area contributed by atoms with Crippen LogP contribution in [0.15, 0.2) is 29.6 Å². The molecule has 1 saturated carbocycles. The van der Waals surface area contributed by atoms with Gasteiger partial charge in [0, 0.05) is 16.6 Å². The van der Waals surface area contributed by atoms with Gasteiger partial charge in [-0.05, 0) is 31.7 Å². The lowest BCUT2D eigenvalue weighted by molar-refractivity contribution is -0.123. The maximum atomic E-state index is 12.7. The number of carbonyl (C=O) groups is 1. The predicted molar refractivity (Wildman–Crippen MR) is 85.1 cm³/mol. The zero-order valence-electron chi connectivity index (χ0n) is 12.4. The number of para-hydroxylation sites is 1. The van der Waals surface area contributed by atoms with E-state index >= 15 is 0 Å². The van der Waals surface area contributed by atoms with Gasteiger partial charge in [-0.3, -0.25) is 4.79 Å². The molecule has 1 aromatic carbocycles. The summed E-state index contributed by atoms with van der Waals surface area (Å²) in [5, 5.41) is 6.30. The molecule has 1 aromatic heterocycles. The second-order valence-corrected chi connectivity index (χ2v) is 6.94. The molecule has 2 atom stereocenters. The fourth-order valence-corrected chi connectivity index (χ4v) is 3.90. The average Bonchev–Trinajstić information content (AvgIpc) is 3.12. The van der Waals surface area contributed by atoms with Gasteiger partial charge in [-0.1, -0.05) is 18.2 Å². The van der Waals surface area contributed by atoms with Crippen molar-refractivity contribution < 1.29 is 9.53 Å². The maximum absolute atomic E-state index is 12.7. The predicted octanol–water partition coefficient (Wildman–Crippen LogP) is 3.20. The van der Waals surface area contributed by atoms with Gasteiger partial charge in [0.1, 0.15) is 23.3 Å². The number of rotatable bonds is 4. The molecule has 22 heavy (non-hydrogen) atoms. The highest BCUT2D eigenvalue weighted by Gasteiger charge is 2.38. The molecule has 2 aliphatic rings. The van der Waals surface area contributed by atoms with Gasteiger partial charge in [0.25, 0.3) is 0 Å². The van der Waals surface area contributed by atoms with E-state index < -0.39 is 0 Å². The van der Waals surface area contributed by atoms with E-state index in [2.05, 4.69) is 10.3 Å². The Labute approximate surface area is 133 Å². The van der Waals surface area contributed by atoms with E-state index in [1.807, 2.05) is 36.6 Å². The summed E-state index contributed by atoms with van der Waals surface area (Å²) < 4.78 is 5.63. The molecular weight excluding hydrogens is 296 g/mol. The molecule has 0 bridgehead atoms. The zero-order valence-corrected chi connectivity index (χ0v) is 13.2. The highest BCUT2D eigenvalue weighted by atomic mass is 32.1. The molecule has 114 valence electrons. The lowest BCUT2D eigenvalue weighted by atomic mass is 10.00. The standard InChI is InChI=1S/C17H18N2O2S/c1-10-9-22-17(18-10)15(11-6-7-11)19-16(20)13-8-21-14-5-3-2-4-12(13)14/h2-5,9,11,13,15H,6-8H2,1H3,(H,19,20)/t13-,15-/m0/s1. The van der Waals surface area contributed by atoms with Crippen LogP contribution >= 0.6 is 11.3 Å². The van der Waals surface area contributed by atoms with Gasteiger partial charge in [0.2, 0.25) is 5.91 Å². The van der Waals surface area contributed by atoms with Crippen molar-refractivity contribution in [1.29, 1.82) is 0 Å². The largest absolute Gasteiger partial charge is 0.492 e. The van der Waals surface area contributed by atoms with Crippen molar-refractivity contribution in [3.63, 3.8) is 0 Å². The lowest BCUT2D eigenvalue weighted by Gasteiger charge is -2.18. The van der Waals surface area contributed by atoms with E-state index in [0.717, 1.165) is 22.0 Å². The molecule has 2 heterocycles. The second-order valence-electron chi connectivity index (χ2n) is 6.05. The molecule has 0 saturated heterocycles. The lowest BCUT2D eigenvalue weighted by Crippen LogP contribution is -2.34. The van der Waals surface area contributed by atoms with E-state index in [9.17, 15) is 4.79 Å². The highest BCUT2D eigenvalue weighted by Crippen LogP contribution is 2.42. The molecule has 0 spiro atoms. The Morgan fingerprint density at radius 3 is 2.95 bits per heavy atom. The number of carbonyl (C=O) groups excluding carboxylic acids is 1. The van der Waals surface area contributed by atoms with Crippen LogP contribution < -0.4 is 10.1 Å². The van der Waals surface area contributed by atoms with Gasteiger partial charge in [-0.15, -0.1) is 11.3 Å². The third-order valence-electron chi connectivity index (χ3n) is 4.31. The first-order valence-electron chi connectivity index (χ1n) is 7.66. The Morgan fingerprint density at radius 2 is 2.23 bits per heavy atom. The fourth-order valence-electron chi connectivity index (χ4n) is 2.96. The average molecular weight is 314 g/mol. The molecule has 1 N–H and O–H groups in total. The Balaban J connectivity index is 1.53. The molecular formula is C17H18N2O2S. The van der Waals surface area contributed by atoms with Crippen LogP contribution in [0.25, 0.3) is 0 Å². The highest BCUT2D eigenvalue weighted by molar-refractivity contribution is 7.09. The van der Waals surface area contributed by atoms with Crippen LogP contribution in [0.3, 0.4) is 0 Å². The SMILES string of the molecule is Cc1csc([C@@H](NC(=O)[C@H]2COc3ccccc32)C2CC2)n1. The van der Waals surface area contributed by atoms with Crippen molar-refractivity contribution in [1.82, 2.24) is 10.3 Å². The number of hydrogen-bond acceptors (Lipinski definition) is 4. The first-order valence-corrected chi connectivity index (χ1v) is 8.54. The molecule has 1 aliphatic carbocycles. The first kappa shape index (κ1) is 13.8. The summed E-state index contributed by atoms with van der Waals surface area (Å²) in [7, 11) is 0. The maximum Gasteiger partial charge on any atom is 0.231 e. The monoisotopic (exact) mass is 314 g/mol. The fraction of sp³-hybridized carbons (Fsp3) is 0.412. The molecule has 5 heteroatoms. The summed E-state index contributed by atoms with van der Waals surface area (Å²) in [5.41, 5.74) is 2.01. The van der Waals surface area contributed by atoms with Crippen LogP contribution in [-0.4, -0.2) is 17.5 Å². The quantitative estimate of drug-likeness (QED) is 0.943. The van der Waals surface area contributed by atoms with Gasteiger partial charge < -0.3 is 10.1 Å². The number of hydrogen-bond donors (Lipinski definition) is 1. The van der Waals surface area contributed by atoms with Crippen LogP contribution in [0.5, 0.6) is 5.75 Å². The number of ether oxygens (including phenoxy) is 1. The topological polar surface area (TPSA) is 51.2 Å². The van der Waals surface area contributed by atoms with E-state index in [4.69, 9.17) is 4.74 Å². The van der Waals surface area contributed by atoms with Crippen molar-refractivity contribution in [2.24, 2.45) is 5.92 Å². The van der Waals surface area contributed by atoms with E-state index in [1.54, 1.807) is 11.3 Å². The van der Waals surface area contributed by atoms with Crippen LogP contribution in [0.1, 0.15) is 41.1 Å². The number of aryl methyl sites for hydroxylation is 1. The molecule has 0 radical (unpaired) electrons. The van der Waals surface area contributed by atoms with Crippen LogP contribution in [0.4, 0.5) is 0 Å². The number of aromatic nitrogens is 1. The van der Waals surface area contributed by atoms with Crippen molar-refractivity contribution in [3.05, 3.63) is 45.9 Å². The van der Waals surface area contributed by atoms with Gasteiger partial charge in [-0.2, -0.15) is 0 Å². The number of amides is 1. The second kappa shape index (κ2) is 5.39. The molecule has 4 nitrogen and oxygen atoms in total. The van der Waals surface area contributed by atoms with E-state index in [0.29, 0.717) is 12.5 Å². The normalized spacial score (nSPS) is 21.0. The summed E-state index contributed by atoms with van der Waals surface area (Å²) in [6.07, 6.45) is 2.34. The zero-order chi connectivity index (χ0) is 15.1. The summed E-state index contributed by atoms with van der Waals surface area (Å²) in [4.78, 5) is 17.3. The summed E-state index contributed by atoms with van der Waals surface area (Å²) in [6.45, 7) is 2.42. The Hall–Kier alpha value is -1.88. The van der Waals surface area contributed by atoms with Gasteiger partial charge in [-0.25, -0.2) is 4.98 Å². The molecule has 4 rings (SSSR count). The summed E-state index contributed by atoms with van der Waals surface area (Å²) >= 11 is 1.64. The molecule has 1 aliphatic heterocycles. The van der Waals surface area contributed by atoms with Crippen molar-refractivity contribution in [2.45, 2.75) is 31.7 Å². The van der Waals surface area contributed by atoms with Crippen LogP contribution in [0.2, 0.25) is 0 Å². The molecule has 1 amide bonds. The number of thiazole rings is 1. The number of nitrogens with one attached hydrogen (secondary N) is 1. The van der Waals surface area contributed by atoms with Crippen LogP contribution in [-0.2, 0) is 4.79 Å². The Bertz CT molecular complexity index is 708. The first-order chi connectivity index (χ1) is 10.7. The van der Waals surface area contributed by atoms with Crippen molar-refractivity contribution >= 4 is 17.2 Å². The smallest absolute Gasteiger partial charge is 0.231 e. The summed E-state index contributed by atoms with van der Waals surface area (Å²) in [5.74, 6) is 1.20. The van der Waals surface area contributed by atoms with E-state index in [-0.39, 0.29) is 17.9 Å². The molecule has 0 unspecified atom stereocenters. The Kier molecular flexibility index (Phi) is 3.37. The third kappa shape index (κ3) is 2.50. The number of nitrogens with zero attached hydrogens (tertiary/aromatic N) is 1. The van der Waals surface area contributed by atoms with Gasteiger partial charge in [0.05, 0.1) is 6.04 Å². The number of fused-ring (bicyclic) bond motifs is 1. The van der Waals surface area contributed by atoms with Gasteiger partial charge in [0.15, 0.2) is 0 Å². The molecule has 2 aromatic rings. The van der Waals surface area contributed by atoms with Crippen molar-refractivity contribution in [3.8, 4) is 5.75 Å². The molecule has 1 fully saturated rings. The summed E-state index contributed by atoms with van der Waals surface area (Å²) in [6, 6.07) is 7.84. The number of benzene rings is 1. The third-order valence-corrected chi connectivity index (χ3v) is 5.36. The van der Waals surface area contributed by atoms with Gasteiger partial charge >= 0.3 is 0 Å². The minimum Gasteiger partial charge on any atom is -0.492 e. The van der Waals surface area contributed by atoms with Crippen LogP contribution in [0, 0.1) is 12.8 Å². The minimum atomic E-state index is -0.210. The minimum absolute atomic E-state index is 0.0507. The Morgan fingerprint density at radius 1 is 1.41 bits per heavy atom. The van der Waals surface area contributed by atoms with Crippen molar-refractivity contribution in [2.75, 3.05) is 6.61 Å².